The first-order valence-corrected chi connectivity index (χ1v) is 9.07. The van der Waals surface area contributed by atoms with E-state index in [2.05, 4.69) is 20.5 Å². The van der Waals surface area contributed by atoms with E-state index in [4.69, 9.17) is 0 Å². The molecule has 132 valence electrons. The summed E-state index contributed by atoms with van der Waals surface area (Å²) in [5.74, 6) is 0.730. The molecule has 2 N–H and O–H groups in total. The Morgan fingerprint density at radius 3 is 2.69 bits per heavy atom. The number of rotatable bonds is 7. The highest BCUT2D eigenvalue weighted by Crippen LogP contribution is 2.16. The number of nitrogens with one attached hydrogen (secondary N) is 2. The van der Waals surface area contributed by atoms with Gasteiger partial charge in [0.2, 0.25) is 11.1 Å². The molecule has 0 saturated heterocycles. The van der Waals surface area contributed by atoms with Gasteiger partial charge in [0.15, 0.2) is 5.78 Å². The lowest BCUT2D eigenvalue weighted by molar-refractivity contribution is -0.113. The fourth-order valence-corrected chi connectivity index (χ4v) is 2.97. The van der Waals surface area contributed by atoms with Crippen LogP contribution in [0, 0.1) is 0 Å². The van der Waals surface area contributed by atoms with E-state index in [1.54, 1.807) is 24.3 Å². The van der Waals surface area contributed by atoms with Crippen molar-refractivity contribution in [3.8, 4) is 0 Å². The summed E-state index contributed by atoms with van der Waals surface area (Å²) in [6, 6.07) is 16.8. The molecule has 7 heteroatoms. The second kappa shape index (κ2) is 8.44. The summed E-state index contributed by atoms with van der Waals surface area (Å²) in [4.78, 5) is 27.9. The van der Waals surface area contributed by atoms with E-state index >= 15 is 0 Å². The van der Waals surface area contributed by atoms with E-state index in [1.807, 2.05) is 30.3 Å². The largest absolute Gasteiger partial charge is 0.325 e. The normalized spacial score (nSPS) is 10.5. The van der Waals surface area contributed by atoms with Gasteiger partial charge in [-0.2, -0.15) is 0 Å². The van der Waals surface area contributed by atoms with E-state index in [0.717, 1.165) is 11.4 Å². The number of aromatic nitrogens is 3. The van der Waals surface area contributed by atoms with E-state index in [0.29, 0.717) is 22.8 Å². The van der Waals surface area contributed by atoms with Gasteiger partial charge in [0.1, 0.15) is 5.82 Å². The molecule has 1 heterocycles. The van der Waals surface area contributed by atoms with Crippen LogP contribution in [0.15, 0.2) is 59.8 Å². The lowest BCUT2D eigenvalue weighted by atomic mass is 10.1. The van der Waals surface area contributed by atoms with E-state index in [-0.39, 0.29) is 17.4 Å². The number of anilines is 1. The first-order chi connectivity index (χ1) is 12.6. The number of ketones is 1. The van der Waals surface area contributed by atoms with Gasteiger partial charge in [-0.05, 0) is 24.6 Å². The van der Waals surface area contributed by atoms with E-state index in [9.17, 15) is 9.59 Å². The molecule has 2 aromatic carbocycles. The van der Waals surface area contributed by atoms with Gasteiger partial charge in [0, 0.05) is 17.7 Å². The lowest BCUT2D eigenvalue weighted by Crippen LogP contribution is -2.14. The topological polar surface area (TPSA) is 87.7 Å². The van der Waals surface area contributed by atoms with Crippen molar-refractivity contribution >= 4 is 29.1 Å². The van der Waals surface area contributed by atoms with Crippen molar-refractivity contribution < 1.29 is 9.59 Å². The Bertz CT molecular complexity index is 909. The van der Waals surface area contributed by atoms with Gasteiger partial charge in [0.25, 0.3) is 0 Å². The van der Waals surface area contributed by atoms with Crippen LogP contribution >= 0.6 is 11.8 Å². The SMILES string of the molecule is CC(=O)c1cccc(NC(=O)CSc2n[nH]c(Cc3ccccc3)n2)c1. The Kier molecular flexibility index (Phi) is 5.80. The molecular weight excluding hydrogens is 348 g/mol. The van der Waals surface area contributed by atoms with Gasteiger partial charge in [-0.15, -0.1) is 5.10 Å². The number of aromatic amines is 1. The highest BCUT2D eigenvalue weighted by atomic mass is 32.2. The molecule has 0 fully saturated rings. The minimum Gasteiger partial charge on any atom is -0.325 e. The van der Waals surface area contributed by atoms with Gasteiger partial charge in [-0.3, -0.25) is 14.7 Å². The first kappa shape index (κ1) is 17.9. The van der Waals surface area contributed by atoms with Crippen LogP contribution in [-0.4, -0.2) is 32.6 Å². The maximum absolute atomic E-state index is 12.1. The van der Waals surface area contributed by atoms with Crippen molar-refractivity contribution in [3.63, 3.8) is 0 Å². The predicted octanol–water partition coefficient (Wildman–Crippen LogP) is 3.33. The Hall–Kier alpha value is -2.93. The summed E-state index contributed by atoms with van der Waals surface area (Å²) in [5.41, 5.74) is 2.31. The van der Waals surface area contributed by atoms with Gasteiger partial charge >= 0.3 is 0 Å². The smallest absolute Gasteiger partial charge is 0.234 e. The fraction of sp³-hybridized carbons (Fsp3) is 0.158. The van der Waals surface area contributed by atoms with Crippen molar-refractivity contribution in [1.82, 2.24) is 15.2 Å². The number of carbonyl (C=O) groups excluding carboxylic acids is 2. The number of hydrogen-bond acceptors (Lipinski definition) is 5. The third-order valence-electron chi connectivity index (χ3n) is 3.61. The number of H-pyrrole nitrogens is 1. The van der Waals surface area contributed by atoms with Crippen LogP contribution in [0.1, 0.15) is 28.7 Å². The molecule has 3 rings (SSSR count). The molecule has 6 nitrogen and oxygen atoms in total. The van der Waals surface area contributed by atoms with Crippen molar-refractivity contribution in [3.05, 3.63) is 71.5 Å². The zero-order valence-electron chi connectivity index (χ0n) is 14.2. The molecule has 0 aliphatic heterocycles. The number of nitrogens with zero attached hydrogens (tertiary/aromatic N) is 2. The highest BCUT2D eigenvalue weighted by Gasteiger charge is 2.09. The van der Waals surface area contributed by atoms with Crippen LogP contribution in [0.5, 0.6) is 0 Å². The van der Waals surface area contributed by atoms with Crippen molar-refractivity contribution in [1.29, 1.82) is 0 Å². The molecule has 26 heavy (non-hydrogen) atoms. The summed E-state index contributed by atoms with van der Waals surface area (Å²) in [5, 5.41) is 10.3. The molecule has 0 saturated carbocycles. The van der Waals surface area contributed by atoms with Gasteiger partial charge in [0.05, 0.1) is 5.75 Å². The van der Waals surface area contributed by atoms with Crippen LogP contribution in [0.25, 0.3) is 0 Å². The molecular formula is C19H18N4O2S. The summed E-state index contributed by atoms with van der Waals surface area (Å²) in [6.45, 7) is 1.49. The van der Waals surface area contributed by atoms with Crippen LogP contribution < -0.4 is 5.32 Å². The third kappa shape index (κ3) is 5.03. The Balaban J connectivity index is 1.52. The molecule has 0 aliphatic carbocycles. The quantitative estimate of drug-likeness (QED) is 0.495. The summed E-state index contributed by atoms with van der Waals surface area (Å²) < 4.78 is 0. The average Bonchev–Trinajstić information content (AvgIpc) is 3.08. The van der Waals surface area contributed by atoms with Crippen LogP contribution in [0.3, 0.4) is 0 Å². The van der Waals surface area contributed by atoms with E-state index in [1.165, 1.54) is 18.7 Å². The Labute approximate surface area is 155 Å². The zero-order chi connectivity index (χ0) is 18.4. The number of benzene rings is 2. The number of carbonyl (C=O) groups is 2. The average molecular weight is 366 g/mol. The fourth-order valence-electron chi connectivity index (χ4n) is 2.35. The first-order valence-electron chi connectivity index (χ1n) is 8.09. The Morgan fingerprint density at radius 2 is 1.92 bits per heavy atom. The monoisotopic (exact) mass is 366 g/mol. The predicted molar refractivity (Wildman–Crippen MR) is 101 cm³/mol. The minimum absolute atomic E-state index is 0.0397. The molecule has 0 spiro atoms. The summed E-state index contributed by atoms with van der Waals surface area (Å²) >= 11 is 1.26. The standard InChI is InChI=1S/C19H18N4O2S/c1-13(24)15-8-5-9-16(11-15)20-18(25)12-26-19-21-17(22-23-19)10-14-6-3-2-4-7-14/h2-9,11H,10,12H2,1H3,(H,20,25)(H,21,22,23). The number of Topliss-reactive ketones (excluding diaryl/α,β-unsaturated/α-hetero) is 1. The Morgan fingerprint density at radius 1 is 1.12 bits per heavy atom. The number of hydrogen-bond donors (Lipinski definition) is 2. The highest BCUT2D eigenvalue weighted by molar-refractivity contribution is 7.99. The van der Waals surface area contributed by atoms with E-state index < -0.39 is 0 Å². The minimum atomic E-state index is -0.176. The van der Waals surface area contributed by atoms with Gasteiger partial charge in [-0.1, -0.05) is 54.2 Å². The molecule has 1 amide bonds. The van der Waals surface area contributed by atoms with Crippen LogP contribution in [0.4, 0.5) is 5.69 Å². The molecule has 0 unspecified atom stereocenters. The van der Waals surface area contributed by atoms with Crippen LogP contribution in [0.2, 0.25) is 0 Å². The molecule has 3 aromatic rings. The maximum atomic E-state index is 12.1. The van der Waals surface area contributed by atoms with Gasteiger partial charge < -0.3 is 5.32 Å². The summed E-state index contributed by atoms with van der Waals surface area (Å²) in [6.07, 6.45) is 0.665. The number of amides is 1. The number of thioether (sulfide) groups is 1. The second-order valence-corrected chi connectivity index (χ2v) is 6.64. The molecule has 1 aromatic heterocycles. The van der Waals surface area contributed by atoms with Gasteiger partial charge in [-0.25, -0.2) is 4.98 Å². The lowest BCUT2D eigenvalue weighted by Gasteiger charge is -2.05. The van der Waals surface area contributed by atoms with Crippen molar-refractivity contribution in [2.24, 2.45) is 0 Å². The maximum Gasteiger partial charge on any atom is 0.234 e. The van der Waals surface area contributed by atoms with Crippen LogP contribution in [-0.2, 0) is 11.2 Å². The zero-order valence-corrected chi connectivity index (χ0v) is 15.0. The summed E-state index contributed by atoms with van der Waals surface area (Å²) in [7, 11) is 0. The van der Waals surface area contributed by atoms with Crippen molar-refractivity contribution in [2.75, 3.05) is 11.1 Å². The molecule has 0 radical (unpaired) electrons. The third-order valence-corrected chi connectivity index (χ3v) is 4.46. The molecule has 0 atom stereocenters. The second-order valence-electron chi connectivity index (χ2n) is 5.70. The van der Waals surface area contributed by atoms with Crippen molar-refractivity contribution in [2.45, 2.75) is 18.5 Å². The molecule has 0 aliphatic rings. The molecule has 0 bridgehead atoms.